The Labute approximate surface area is 151 Å². The van der Waals surface area contributed by atoms with Gasteiger partial charge in [-0.05, 0) is 57.2 Å². The van der Waals surface area contributed by atoms with Crippen molar-refractivity contribution < 1.29 is 9.47 Å². The summed E-state index contributed by atoms with van der Waals surface area (Å²) in [5, 5.41) is 0. The molecule has 122 valence electrons. The molecule has 3 heteroatoms. The molecule has 0 heterocycles. The number of hydrogen-bond donors (Lipinski definition) is 0. The SMILES string of the molecule is Cc1ccc(Oc2cc(Br)cc(Oc3ccc(C)cc3)c2C)cc1. The van der Waals surface area contributed by atoms with E-state index in [9.17, 15) is 0 Å². The molecule has 0 bridgehead atoms. The standard InChI is InChI=1S/C21H19BrO2/c1-14-4-8-18(9-5-14)23-20-12-17(22)13-21(16(20)3)24-19-10-6-15(2)7-11-19/h4-13H,1-3H3. The molecule has 0 aromatic heterocycles. The molecule has 2 nitrogen and oxygen atoms in total. The summed E-state index contributed by atoms with van der Waals surface area (Å²) in [6, 6.07) is 19.9. The number of ether oxygens (including phenoxy) is 2. The molecule has 0 amide bonds. The Bertz CT molecular complexity index is 768. The van der Waals surface area contributed by atoms with Crippen LogP contribution in [-0.2, 0) is 0 Å². The minimum absolute atomic E-state index is 0.773. The fourth-order valence-electron chi connectivity index (χ4n) is 2.31. The van der Waals surface area contributed by atoms with Crippen molar-refractivity contribution in [3.63, 3.8) is 0 Å². The van der Waals surface area contributed by atoms with Crippen LogP contribution in [-0.4, -0.2) is 0 Å². The second-order valence-corrected chi connectivity index (χ2v) is 6.77. The summed E-state index contributed by atoms with van der Waals surface area (Å²) in [6.45, 7) is 6.11. The molecule has 0 aliphatic heterocycles. The third kappa shape index (κ3) is 3.98. The summed E-state index contributed by atoms with van der Waals surface area (Å²) in [5.74, 6) is 3.16. The van der Waals surface area contributed by atoms with Gasteiger partial charge in [0, 0.05) is 10.0 Å². The molecule has 0 saturated carbocycles. The topological polar surface area (TPSA) is 18.5 Å². The van der Waals surface area contributed by atoms with Crippen molar-refractivity contribution in [2.24, 2.45) is 0 Å². The Morgan fingerprint density at radius 1 is 0.625 bits per heavy atom. The summed E-state index contributed by atoms with van der Waals surface area (Å²) in [7, 11) is 0. The first-order valence-corrected chi connectivity index (χ1v) is 8.60. The molecule has 3 aromatic rings. The van der Waals surface area contributed by atoms with Gasteiger partial charge < -0.3 is 9.47 Å². The van der Waals surface area contributed by atoms with Gasteiger partial charge in [-0.25, -0.2) is 0 Å². The third-order valence-electron chi connectivity index (χ3n) is 3.77. The predicted octanol–water partition coefficient (Wildman–Crippen LogP) is 6.96. The Hall–Kier alpha value is -2.26. The average Bonchev–Trinajstić information content (AvgIpc) is 2.56. The molecule has 0 aliphatic carbocycles. The predicted molar refractivity (Wildman–Crippen MR) is 101 cm³/mol. The molecule has 0 spiro atoms. The van der Waals surface area contributed by atoms with Crippen LogP contribution in [0.5, 0.6) is 23.0 Å². The highest BCUT2D eigenvalue weighted by Gasteiger charge is 2.11. The lowest BCUT2D eigenvalue weighted by Crippen LogP contribution is -1.93. The van der Waals surface area contributed by atoms with E-state index in [2.05, 4.69) is 29.8 Å². The van der Waals surface area contributed by atoms with Gasteiger partial charge in [-0.3, -0.25) is 0 Å². The first-order chi connectivity index (χ1) is 11.5. The molecule has 0 fully saturated rings. The lowest BCUT2D eigenvalue weighted by atomic mass is 10.2. The summed E-state index contributed by atoms with van der Waals surface area (Å²) in [6.07, 6.45) is 0. The fraction of sp³-hybridized carbons (Fsp3) is 0.143. The van der Waals surface area contributed by atoms with Crippen LogP contribution in [0.3, 0.4) is 0 Å². The Morgan fingerprint density at radius 2 is 1.00 bits per heavy atom. The van der Waals surface area contributed by atoms with E-state index >= 15 is 0 Å². The van der Waals surface area contributed by atoms with Crippen molar-refractivity contribution >= 4 is 15.9 Å². The van der Waals surface area contributed by atoms with Crippen molar-refractivity contribution in [3.8, 4) is 23.0 Å². The van der Waals surface area contributed by atoms with Crippen LogP contribution < -0.4 is 9.47 Å². The maximum atomic E-state index is 6.03. The first kappa shape index (κ1) is 16.6. The monoisotopic (exact) mass is 382 g/mol. The zero-order valence-corrected chi connectivity index (χ0v) is 15.6. The van der Waals surface area contributed by atoms with Crippen LogP contribution >= 0.6 is 15.9 Å². The zero-order valence-electron chi connectivity index (χ0n) is 14.0. The molecule has 3 aromatic carbocycles. The second kappa shape index (κ2) is 7.10. The molecular formula is C21H19BrO2. The number of halogens is 1. The van der Waals surface area contributed by atoms with Crippen LogP contribution in [0.2, 0.25) is 0 Å². The highest BCUT2D eigenvalue weighted by atomic mass is 79.9. The van der Waals surface area contributed by atoms with Gasteiger partial charge in [0.15, 0.2) is 0 Å². The van der Waals surface area contributed by atoms with Crippen molar-refractivity contribution in [1.82, 2.24) is 0 Å². The van der Waals surface area contributed by atoms with Crippen LogP contribution in [0, 0.1) is 20.8 Å². The van der Waals surface area contributed by atoms with E-state index < -0.39 is 0 Å². The smallest absolute Gasteiger partial charge is 0.135 e. The minimum atomic E-state index is 0.773. The molecular weight excluding hydrogens is 364 g/mol. The Morgan fingerprint density at radius 3 is 1.38 bits per heavy atom. The molecule has 0 radical (unpaired) electrons. The van der Waals surface area contributed by atoms with Gasteiger partial charge in [0.2, 0.25) is 0 Å². The van der Waals surface area contributed by atoms with E-state index in [0.29, 0.717) is 0 Å². The molecule has 24 heavy (non-hydrogen) atoms. The number of benzene rings is 3. The maximum absolute atomic E-state index is 6.03. The van der Waals surface area contributed by atoms with Crippen LogP contribution in [0.25, 0.3) is 0 Å². The van der Waals surface area contributed by atoms with Gasteiger partial charge in [-0.15, -0.1) is 0 Å². The van der Waals surface area contributed by atoms with Crippen molar-refractivity contribution in [3.05, 3.63) is 81.8 Å². The molecule has 0 atom stereocenters. The second-order valence-electron chi connectivity index (χ2n) is 5.86. The third-order valence-corrected chi connectivity index (χ3v) is 4.23. The fourth-order valence-corrected chi connectivity index (χ4v) is 2.72. The normalized spacial score (nSPS) is 10.5. The molecule has 0 saturated heterocycles. The highest BCUT2D eigenvalue weighted by Crippen LogP contribution is 2.37. The highest BCUT2D eigenvalue weighted by molar-refractivity contribution is 9.10. The van der Waals surface area contributed by atoms with Gasteiger partial charge in [0.1, 0.15) is 23.0 Å². The van der Waals surface area contributed by atoms with E-state index in [1.807, 2.05) is 67.6 Å². The summed E-state index contributed by atoms with van der Waals surface area (Å²) in [4.78, 5) is 0. The van der Waals surface area contributed by atoms with Gasteiger partial charge in [-0.2, -0.15) is 0 Å². The van der Waals surface area contributed by atoms with E-state index in [1.165, 1.54) is 11.1 Å². The largest absolute Gasteiger partial charge is 0.457 e. The van der Waals surface area contributed by atoms with Crippen molar-refractivity contribution in [2.75, 3.05) is 0 Å². The van der Waals surface area contributed by atoms with E-state index in [0.717, 1.165) is 33.0 Å². The van der Waals surface area contributed by atoms with Crippen molar-refractivity contribution in [2.45, 2.75) is 20.8 Å². The van der Waals surface area contributed by atoms with E-state index in [4.69, 9.17) is 9.47 Å². The van der Waals surface area contributed by atoms with Crippen LogP contribution in [0.15, 0.2) is 65.1 Å². The van der Waals surface area contributed by atoms with E-state index in [-0.39, 0.29) is 0 Å². The molecule has 3 rings (SSSR count). The van der Waals surface area contributed by atoms with Gasteiger partial charge >= 0.3 is 0 Å². The lowest BCUT2D eigenvalue weighted by molar-refractivity contribution is 0.453. The van der Waals surface area contributed by atoms with Gasteiger partial charge in [-0.1, -0.05) is 51.3 Å². The number of aryl methyl sites for hydroxylation is 2. The molecule has 0 aliphatic rings. The summed E-state index contributed by atoms with van der Waals surface area (Å²) in [5.41, 5.74) is 3.37. The lowest BCUT2D eigenvalue weighted by Gasteiger charge is -2.14. The zero-order chi connectivity index (χ0) is 17.1. The maximum Gasteiger partial charge on any atom is 0.135 e. The van der Waals surface area contributed by atoms with Crippen molar-refractivity contribution in [1.29, 1.82) is 0 Å². The summed E-state index contributed by atoms with van der Waals surface area (Å²) >= 11 is 3.54. The quantitative estimate of drug-likeness (QED) is 0.485. The van der Waals surface area contributed by atoms with Crippen LogP contribution in [0.4, 0.5) is 0 Å². The molecule has 0 unspecified atom stereocenters. The number of rotatable bonds is 4. The van der Waals surface area contributed by atoms with Gasteiger partial charge in [0.25, 0.3) is 0 Å². The van der Waals surface area contributed by atoms with Crippen LogP contribution in [0.1, 0.15) is 16.7 Å². The van der Waals surface area contributed by atoms with Gasteiger partial charge in [0.05, 0.1) is 0 Å². The average molecular weight is 383 g/mol. The summed E-state index contributed by atoms with van der Waals surface area (Å²) < 4.78 is 13.0. The minimum Gasteiger partial charge on any atom is -0.457 e. The first-order valence-electron chi connectivity index (χ1n) is 7.80. The Balaban J connectivity index is 1.89. The van der Waals surface area contributed by atoms with E-state index in [1.54, 1.807) is 0 Å². The molecule has 0 N–H and O–H groups in total. The number of hydrogen-bond acceptors (Lipinski definition) is 2. The Kier molecular flexibility index (Phi) is 4.91.